The van der Waals surface area contributed by atoms with Gasteiger partial charge >= 0.3 is 0 Å². The molecular formula is C29H38N4O4. The van der Waals surface area contributed by atoms with E-state index >= 15 is 0 Å². The highest BCUT2D eigenvalue weighted by Crippen LogP contribution is 2.33. The van der Waals surface area contributed by atoms with Crippen molar-refractivity contribution >= 4 is 29.0 Å². The minimum Gasteiger partial charge on any atom is -0.508 e. The van der Waals surface area contributed by atoms with Crippen LogP contribution in [0, 0.1) is 5.92 Å². The lowest BCUT2D eigenvalue weighted by Gasteiger charge is -2.36. The molecule has 2 aromatic carbocycles. The van der Waals surface area contributed by atoms with E-state index in [1.165, 1.54) is 0 Å². The number of phenols is 1. The fourth-order valence-electron chi connectivity index (χ4n) is 5.06. The van der Waals surface area contributed by atoms with Crippen molar-refractivity contribution in [1.82, 2.24) is 9.80 Å². The lowest BCUT2D eigenvalue weighted by Crippen LogP contribution is -2.51. The van der Waals surface area contributed by atoms with Crippen LogP contribution in [0.2, 0.25) is 0 Å². The molecule has 2 aliphatic heterocycles. The molecule has 0 radical (unpaired) electrons. The molecule has 0 aliphatic carbocycles. The summed E-state index contributed by atoms with van der Waals surface area (Å²) in [5.74, 6) is 0.154. The number of likely N-dealkylation sites (tertiary alicyclic amines) is 1. The molecule has 0 bridgehead atoms. The topological polar surface area (TPSA) is 93.2 Å². The molecule has 0 aromatic heterocycles. The Hall–Kier alpha value is -3.39. The van der Waals surface area contributed by atoms with Crippen LogP contribution in [0.4, 0.5) is 11.4 Å². The Morgan fingerprint density at radius 2 is 1.65 bits per heavy atom. The van der Waals surface area contributed by atoms with Crippen molar-refractivity contribution in [2.24, 2.45) is 5.92 Å². The zero-order valence-corrected chi connectivity index (χ0v) is 22.3. The summed E-state index contributed by atoms with van der Waals surface area (Å²) in [6, 6.07) is 12.8. The third-order valence-electron chi connectivity index (χ3n) is 7.35. The van der Waals surface area contributed by atoms with Gasteiger partial charge in [0, 0.05) is 55.2 Å². The molecule has 1 atom stereocenters. The van der Waals surface area contributed by atoms with Gasteiger partial charge in [-0.3, -0.25) is 19.3 Å². The number of hydrogen-bond donors (Lipinski definition) is 2. The number of anilines is 2. The summed E-state index contributed by atoms with van der Waals surface area (Å²) in [5.41, 5.74) is 3.00. The number of amides is 2. The van der Waals surface area contributed by atoms with Crippen LogP contribution >= 0.6 is 0 Å². The average molecular weight is 507 g/mol. The van der Waals surface area contributed by atoms with Crippen LogP contribution in [0.3, 0.4) is 0 Å². The van der Waals surface area contributed by atoms with Crippen LogP contribution in [0.5, 0.6) is 5.75 Å². The number of rotatable bonds is 6. The largest absolute Gasteiger partial charge is 0.508 e. The predicted molar refractivity (Wildman–Crippen MR) is 145 cm³/mol. The van der Waals surface area contributed by atoms with Gasteiger partial charge in [-0.15, -0.1) is 0 Å². The van der Waals surface area contributed by atoms with Gasteiger partial charge in [-0.1, -0.05) is 20.8 Å². The van der Waals surface area contributed by atoms with Crippen LogP contribution in [0.1, 0.15) is 50.0 Å². The van der Waals surface area contributed by atoms with Crippen LogP contribution in [0.15, 0.2) is 42.5 Å². The highest BCUT2D eigenvalue weighted by Gasteiger charge is 2.31. The van der Waals surface area contributed by atoms with E-state index in [0.29, 0.717) is 43.9 Å². The van der Waals surface area contributed by atoms with E-state index in [4.69, 9.17) is 0 Å². The number of ketones is 1. The zero-order chi connectivity index (χ0) is 26.7. The van der Waals surface area contributed by atoms with Gasteiger partial charge in [-0.2, -0.15) is 0 Å². The summed E-state index contributed by atoms with van der Waals surface area (Å²) >= 11 is 0. The van der Waals surface area contributed by atoms with Gasteiger partial charge in [0.25, 0.3) is 0 Å². The summed E-state index contributed by atoms with van der Waals surface area (Å²) in [6.07, 6.45) is 0.716. The fourth-order valence-corrected chi connectivity index (χ4v) is 5.06. The van der Waals surface area contributed by atoms with Crippen molar-refractivity contribution in [2.75, 3.05) is 56.0 Å². The first kappa shape index (κ1) is 26.7. The number of Topliss-reactive ketones (excluding diaryl/α,β-unsaturated/α-hetero) is 1. The molecular weight excluding hydrogens is 468 g/mol. The number of piperazine rings is 1. The molecule has 4 rings (SSSR count). The smallest absolute Gasteiger partial charge is 0.236 e. The summed E-state index contributed by atoms with van der Waals surface area (Å²) < 4.78 is 0. The molecule has 0 unspecified atom stereocenters. The van der Waals surface area contributed by atoms with Crippen molar-refractivity contribution < 1.29 is 19.5 Å². The Morgan fingerprint density at radius 1 is 0.973 bits per heavy atom. The Kier molecular flexibility index (Phi) is 7.87. The van der Waals surface area contributed by atoms with Gasteiger partial charge in [0.15, 0.2) is 5.78 Å². The predicted octanol–water partition coefficient (Wildman–Crippen LogP) is 3.50. The van der Waals surface area contributed by atoms with Gasteiger partial charge in [-0.25, -0.2) is 0 Å². The van der Waals surface area contributed by atoms with Crippen molar-refractivity contribution in [3.63, 3.8) is 0 Å². The normalized spacial score (nSPS) is 18.6. The fraction of sp³-hybridized carbons (Fsp3) is 0.483. The van der Waals surface area contributed by atoms with Crippen molar-refractivity contribution in [1.29, 1.82) is 0 Å². The number of benzene rings is 2. The first-order valence-electron chi connectivity index (χ1n) is 13.0. The third-order valence-corrected chi connectivity index (χ3v) is 7.35. The minimum atomic E-state index is -0.235. The molecule has 2 N–H and O–H groups in total. The number of carbonyl (C=O) groups excluding carboxylic acids is 3. The Bertz CT molecular complexity index is 1150. The molecule has 2 amide bonds. The maximum Gasteiger partial charge on any atom is 0.236 e. The van der Waals surface area contributed by atoms with E-state index < -0.39 is 0 Å². The Labute approximate surface area is 219 Å². The average Bonchev–Trinajstić information content (AvgIpc) is 3.33. The number of nitrogens with zero attached hydrogens (tertiary/aromatic N) is 3. The maximum atomic E-state index is 13.0. The molecule has 8 nitrogen and oxygen atoms in total. The zero-order valence-electron chi connectivity index (χ0n) is 22.3. The van der Waals surface area contributed by atoms with Crippen LogP contribution in [-0.2, 0) is 15.0 Å². The van der Waals surface area contributed by atoms with Gasteiger partial charge in [0.1, 0.15) is 5.75 Å². The van der Waals surface area contributed by atoms with E-state index in [0.717, 1.165) is 30.9 Å². The van der Waals surface area contributed by atoms with Gasteiger partial charge < -0.3 is 20.2 Å². The van der Waals surface area contributed by atoms with E-state index in [1.54, 1.807) is 19.1 Å². The number of nitrogens with one attached hydrogen (secondary N) is 1. The van der Waals surface area contributed by atoms with E-state index in [2.05, 4.69) is 15.1 Å². The molecule has 2 aliphatic rings. The first-order chi connectivity index (χ1) is 17.5. The lowest BCUT2D eigenvalue weighted by molar-refractivity contribution is -0.132. The molecule has 2 aromatic rings. The highest BCUT2D eigenvalue weighted by atomic mass is 16.3. The second kappa shape index (κ2) is 10.9. The SMILES string of the molecule is CC(=O)c1ccc(N2CCN(C(=O)CN3CC[C@@H](C(=O)Nc4ccc(O)c(C(C)(C)C)c4)C3)CC2)cc1. The second-order valence-corrected chi connectivity index (χ2v) is 11.2. The number of phenolic OH excluding ortho intramolecular Hbond substituents is 1. The molecule has 0 saturated carbocycles. The van der Waals surface area contributed by atoms with Crippen LogP contribution in [0.25, 0.3) is 0 Å². The highest BCUT2D eigenvalue weighted by molar-refractivity contribution is 5.94. The van der Waals surface area contributed by atoms with E-state index in [-0.39, 0.29) is 34.7 Å². The molecule has 2 saturated heterocycles. The maximum absolute atomic E-state index is 13.0. The molecule has 2 fully saturated rings. The van der Waals surface area contributed by atoms with Crippen molar-refractivity contribution in [3.05, 3.63) is 53.6 Å². The van der Waals surface area contributed by atoms with E-state index in [1.807, 2.05) is 56.0 Å². The molecule has 2 heterocycles. The second-order valence-electron chi connectivity index (χ2n) is 11.2. The van der Waals surface area contributed by atoms with Crippen LogP contribution in [-0.4, -0.2) is 78.3 Å². The summed E-state index contributed by atoms with van der Waals surface area (Å²) in [5, 5.41) is 13.2. The Balaban J connectivity index is 1.24. The minimum absolute atomic E-state index is 0.0510. The first-order valence-corrected chi connectivity index (χ1v) is 13.0. The summed E-state index contributed by atoms with van der Waals surface area (Å²) in [6.45, 7) is 12.0. The summed E-state index contributed by atoms with van der Waals surface area (Å²) in [4.78, 5) is 43.6. The lowest BCUT2D eigenvalue weighted by atomic mass is 9.86. The molecule has 8 heteroatoms. The molecule has 0 spiro atoms. The standard InChI is InChI=1S/C29H38N4O4/c1-20(34)21-5-8-24(9-6-21)32-13-15-33(16-14-32)27(36)19-31-12-11-22(18-31)28(37)30-23-7-10-26(35)25(17-23)29(2,3)4/h5-10,17,22,35H,11-16,18-19H2,1-4H3,(H,30,37)/t22-/m1/s1. The van der Waals surface area contributed by atoms with Crippen molar-refractivity contribution in [3.8, 4) is 5.75 Å². The molecule has 198 valence electrons. The van der Waals surface area contributed by atoms with Gasteiger partial charge in [0.2, 0.25) is 11.8 Å². The summed E-state index contributed by atoms with van der Waals surface area (Å²) in [7, 11) is 0. The van der Waals surface area contributed by atoms with E-state index in [9.17, 15) is 19.5 Å². The van der Waals surface area contributed by atoms with Gasteiger partial charge in [-0.05, 0) is 67.8 Å². The van der Waals surface area contributed by atoms with Crippen molar-refractivity contribution in [2.45, 2.75) is 39.5 Å². The monoisotopic (exact) mass is 506 g/mol. The number of hydrogen-bond acceptors (Lipinski definition) is 6. The molecule has 37 heavy (non-hydrogen) atoms. The number of aromatic hydroxyl groups is 1. The van der Waals surface area contributed by atoms with Crippen LogP contribution < -0.4 is 10.2 Å². The van der Waals surface area contributed by atoms with Gasteiger partial charge in [0.05, 0.1) is 12.5 Å². The Morgan fingerprint density at radius 3 is 2.27 bits per heavy atom. The quantitative estimate of drug-likeness (QED) is 0.460. The third kappa shape index (κ3) is 6.49. The number of carbonyl (C=O) groups is 3.